The van der Waals surface area contributed by atoms with Gasteiger partial charge in [-0.2, -0.15) is 11.8 Å². The van der Waals surface area contributed by atoms with Crippen LogP contribution in [-0.2, 0) is 10.5 Å². The fourth-order valence-electron chi connectivity index (χ4n) is 1.48. The first-order valence-corrected chi connectivity index (χ1v) is 6.75. The summed E-state index contributed by atoms with van der Waals surface area (Å²) in [6, 6.07) is 2.78. The molecule has 98 valence electrons. The van der Waals surface area contributed by atoms with Gasteiger partial charge in [-0.3, -0.25) is 4.79 Å². The van der Waals surface area contributed by atoms with Crippen molar-refractivity contribution in [3.05, 3.63) is 22.7 Å². The number of benzene rings is 1. The maximum atomic E-state index is 10.6. The smallest absolute Gasteiger partial charge is 0.321 e. The third-order valence-electron chi connectivity index (χ3n) is 2.37. The lowest BCUT2D eigenvalue weighted by atomic mass is 10.2. The van der Waals surface area contributed by atoms with Crippen LogP contribution in [0.5, 0.6) is 11.5 Å². The van der Waals surface area contributed by atoms with E-state index in [9.17, 15) is 4.79 Å². The van der Waals surface area contributed by atoms with E-state index in [1.165, 1.54) is 11.8 Å². The number of carboxylic acid groups (broad SMARTS) is 1. The van der Waals surface area contributed by atoms with E-state index in [2.05, 4.69) is 0 Å². The number of carboxylic acids is 1. The van der Waals surface area contributed by atoms with Crippen LogP contribution in [0.1, 0.15) is 5.56 Å². The summed E-state index contributed by atoms with van der Waals surface area (Å²) >= 11 is 7.47. The molecule has 3 N–H and O–H groups in total. The third kappa shape index (κ3) is 3.01. The summed E-state index contributed by atoms with van der Waals surface area (Å²) < 4.78 is 10.5. The van der Waals surface area contributed by atoms with Crippen LogP contribution >= 0.6 is 23.4 Å². The Kier molecular flexibility index (Phi) is 4.21. The van der Waals surface area contributed by atoms with Crippen molar-refractivity contribution in [3.8, 4) is 11.5 Å². The Labute approximate surface area is 113 Å². The molecule has 1 aromatic rings. The fraction of sp³-hybridized carbons (Fsp3) is 0.364. The van der Waals surface area contributed by atoms with Crippen molar-refractivity contribution in [1.82, 2.24) is 0 Å². The van der Waals surface area contributed by atoms with Crippen LogP contribution in [0, 0.1) is 0 Å². The molecule has 18 heavy (non-hydrogen) atoms. The summed E-state index contributed by atoms with van der Waals surface area (Å²) in [6.07, 6.45) is 0. The van der Waals surface area contributed by atoms with E-state index in [1.54, 1.807) is 6.07 Å². The predicted molar refractivity (Wildman–Crippen MR) is 69.3 cm³/mol. The molecule has 1 aliphatic heterocycles. The number of rotatable bonds is 5. The van der Waals surface area contributed by atoms with Crippen LogP contribution in [0.3, 0.4) is 0 Å². The molecule has 1 aliphatic rings. The molecule has 0 fully saturated rings. The number of thioether (sulfide) groups is 1. The number of hydrogen-bond donors (Lipinski definition) is 2. The zero-order chi connectivity index (χ0) is 13.1. The number of fused-ring (bicyclic) bond motifs is 1. The normalized spacial score (nSPS) is 14.6. The molecule has 5 nitrogen and oxygen atoms in total. The van der Waals surface area contributed by atoms with E-state index in [-0.39, 0.29) is 6.79 Å². The van der Waals surface area contributed by atoms with Crippen molar-refractivity contribution >= 4 is 29.3 Å². The topological polar surface area (TPSA) is 81.8 Å². The van der Waals surface area contributed by atoms with Crippen LogP contribution in [0.25, 0.3) is 0 Å². The highest BCUT2D eigenvalue weighted by molar-refractivity contribution is 7.98. The Balaban J connectivity index is 1.94. The van der Waals surface area contributed by atoms with Gasteiger partial charge in [-0.1, -0.05) is 11.6 Å². The second-order valence-electron chi connectivity index (χ2n) is 3.77. The van der Waals surface area contributed by atoms with E-state index in [0.29, 0.717) is 28.0 Å². The molecule has 2 rings (SSSR count). The predicted octanol–water partition coefficient (Wildman–Crippen LogP) is 1.71. The maximum absolute atomic E-state index is 10.6. The van der Waals surface area contributed by atoms with E-state index < -0.39 is 12.0 Å². The SMILES string of the molecule is N[C@@H](CSCc1cc(Cl)c2c(c1)OCO2)C(=O)O. The largest absolute Gasteiger partial charge is 0.480 e. The van der Waals surface area contributed by atoms with Gasteiger partial charge < -0.3 is 20.3 Å². The summed E-state index contributed by atoms with van der Waals surface area (Å²) in [7, 11) is 0. The van der Waals surface area contributed by atoms with E-state index in [0.717, 1.165) is 5.56 Å². The van der Waals surface area contributed by atoms with E-state index in [4.69, 9.17) is 31.9 Å². The van der Waals surface area contributed by atoms with Crippen molar-refractivity contribution in [3.63, 3.8) is 0 Å². The Bertz CT molecular complexity index is 469. The molecule has 1 heterocycles. The molecule has 0 radical (unpaired) electrons. The number of halogens is 1. The molecule has 0 aliphatic carbocycles. The van der Waals surface area contributed by atoms with Crippen molar-refractivity contribution < 1.29 is 19.4 Å². The molecular weight excluding hydrogens is 278 g/mol. The Morgan fingerprint density at radius 3 is 3.06 bits per heavy atom. The summed E-state index contributed by atoms with van der Waals surface area (Å²) in [5.74, 6) is 1.16. The van der Waals surface area contributed by atoms with E-state index in [1.807, 2.05) is 6.07 Å². The monoisotopic (exact) mass is 289 g/mol. The van der Waals surface area contributed by atoms with E-state index >= 15 is 0 Å². The third-order valence-corrected chi connectivity index (χ3v) is 3.78. The minimum absolute atomic E-state index is 0.176. The van der Waals surface area contributed by atoms with Crippen molar-refractivity contribution in [1.29, 1.82) is 0 Å². The summed E-state index contributed by atoms with van der Waals surface area (Å²) in [5, 5.41) is 9.16. The molecule has 0 bridgehead atoms. The molecule has 0 saturated heterocycles. The lowest BCUT2D eigenvalue weighted by molar-refractivity contribution is -0.137. The molecule has 1 aromatic carbocycles. The highest BCUT2D eigenvalue weighted by atomic mass is 35.5. The zero-order valence-corrected chi connectivity index (χ0v) is 11.0. The first-order chi connectivity index (χ1) is 8.58. The highest BCUT2D eigenvalue weighted by Crippen LogP contribution is 2.40. The number of ether oxygens (including phenoxy) is 2. The summed E-state index contributed by atoms with van der Waals surface area (Å²) in [5.41, 5.74) is 6.36. The van der Waals surface area contributed by atoms with Gasteiger partial charge in [0.25, 0.3) is 0 Å². The van der Waals surface area contributed by atoms with Crippen molar-refractivity contribution in [2.24, 2.45) is 5.73 Å². The molecule has 0 aromatic heterocycles. The van der Waals surface area contributed by atoms with Gasteiger partial charge in [0.05, 0.1) is 5.02 Å². The van der Waals surface area contributed by atoms with Crippen LogP contribution in [0.15, 0.2) is 12.1 Å². The lowest BCUT2D eigenvalue weighted by Gasteiger charge is -2.07. The number of nitrogens with two attached hydrogens (primary N) is 1. The first-order valence-electron chi connectivity index (χ1n) is 5.22. The minimum Gasteiger partial charge on any atom is -0.480 e. The van der Waals surface area contributed by atoms with Gasteiger partial charge in [-0.15, -0.1) is 0 Å². The Hall–Kier alpha value is -1.11. The highest BCUT2D eigenvalue weighted by Gasteiger charge is 2.18. The molecule has 0 amide bonds. The van der Waals surface area contributed by atoms with Crippen molar-refractivity contribution in [2.75, 3.05) is 12.5 Å². The summed E-state index contributed by atoms with van der Waals surface area (Å²) in [6.45, 7) is 0.176. The van der Waals surface area contributed by atoms with Crippen LogP contribution in [0.4, 0.5) is 0 Å². The van der Waals surface area contributed by atoms with Crippen molar-refractivity contribution in [2.45, 2.75) is 11.8 Å². The first kappa shape index (κ1) is 13.3. The minimum atomic E-state index is -0.994. The maximum Gasteiger partial charge on any atom is 0.321 e. The van der Waals surface area contributed by atoms with Crippen LogP contribution < -0.4 is 15.2 Å². The summed E-state index contributed by atoms with van der Waals surface area (Å²) in [4.78, 5) is 10.6. The quantitative estimate of drug-likeness (QED) is 0.859. The van der Waals surface area contributed by atoms with Gasteiger partial charge >= 0.3 is 5.97 Å². The molecule has 0 spiro atoms. The van der Waals surface area contributed by atoms with Crippen LogP contribution in [-0.4, -0.2) is 29.7 Å². The molecule has 7 heteroatoms. The lowest BCUT2D eigenvalue weighted by Crippen LogP contribution is -2.32. The van der Waals surface area contributed by atoms with Gasteiger partial charge in [0, 0.05) is 11.5 Å². The zero-order valence-electron chi connectivity index (χ0n) is 9.39. The number of aliphatic carboxylic acids is 1. The Morgan fingerprint density at radius 2 is 2.33 bits per heavy atom. The second-order valence-corrected chi connectivity index (χ2v) is 5.21. The van der Waals surface area contributed by atoms with Crippen LogP contribution in [0.2, 0.25) is 5.02 Å². The number of hydrogen-bond acceptors (Lipinski definition) is 5. The standard InChI is InChI=1S/C11H12ClNO4S/c12-7-1-6(2-9-10(7)17-5-16-9)3-18-4-8(13)11(14)15/h1-2,8H,3-5,13H2,(H,14,15)/t8-/m0/s1. The molecule has 1 atom stereocenters. The van der Waals surface area contributed by atoms with Gasteiger partial charge in [-0.25, -0.2) is 0 Å². The fourth-order valence-corrected chi connectivity index (χ4v) is 2.68. The molecule has 0 unspecified atom stereocenters. The van der Waals surface area contributed by atoms with Gasteiger partial charge in [-0.05, 0) is 17.7 Å². The molecule has 0 saturated carbocycles. The second kappa shape index (κ2) is 5.69. The average molecular weight is 290 g/mol. The average Bonchev–Trinajstić information content (AvgIpc) is 2.77. The van der Waals surface area contributed by atoms with Gasteiger partial charge in [0.2, 0.25) is 6.79 Å². The number of carbonyl (C=O) groups is 1. The Morgan fingerprint density at radius 1 is 1.56 bits per heavy atom. The molecular formula is C11H12ClNO4S. The van der Waals surface area contributed by atoms with Gasteiger partial charge in [0.15, 0.2) is 11.5 Å². The van der Waals surface area contributed by atoms with Gasteiger partial charge in [0.1, 0.15) is 6.04 Å².